The highest BCUT2D eigenvalue weighted by molar-refractivity contribution is 5.93. The molecule has 0 aromatic carbocycles. The van der Waals surface area contributed by atoms with Crippen LogP contribution in [0.15, 0.2) is 6.07 Å². The van der Waals surface area contributed by atoms with E-state index in [4.69, 9.17) is 0 Å². The Balaban J connectivity index is 1.75. The molecule has 2 aliphatic heterocycles. The fourth-order valence-corrected chi connectivity index (χ4v) is 3.68. The highest BCUT2D eigenvalue weighted by Crippen LogP contribution is 2.26. The topological polar surface area (TPSA) is 74.7 Å². The lowest BCUT2D eigenvalue weighted by molar-refractivity contribution is -0.136. The van der Waals surface area contributed by atoms with Crippen LogP contribution in [0, 0.1) is 5.92 Å². The van der Waals surface area contributed by atoms with E-state index in [0.717, 1.165) is 17.7 Å². The van der Waals surface area contributed by atoms with E-state index in [1.165, 1.54) is 0 Å². The van der Waals surface area contributed by atoms with Gasteiger partial charge in [0.05, 0.1) is 12.5 Å². The second-order valence-corrected chi connectivity index (χ2v) is 6.48. The Kier molecular flexibility index (Phi) is 4.34. The van der Waals surface area contributed by atoms with Crippen LogP contribution in [0.1, 0.15) is 35.1 Å². The molecule has 7 nitrogen and oxygen atoms in total. The molecule has 0 radical (unpaired) electrons. The quantitative estimate of drug-likeness (QED) is 0.855. The minimum atomic E-state index is -0.238. The molecule has 0 saturated carbocycles. The molecule has 1 atom stereocenters. The zero-order chi connectivity index (χ0) is 17.4. The lowest BCUT2D eigenvalue weighted by Gasteiger charge is -2.30. The monoisotopic (exact) mass is 332 g/mol. The number of nitrogens with one attached hydrogen (secondary N) is 1. The molecule has 0 bridgehead atoms. The number of rotatable bonds is 3. The van der Waals surface area contributed by atoms with Crippen LogP contribution in [0.3, 0.4) is 0 Å². The van der Waals surface area contributed by atoms with Crippen LogP contribution in [0.25, 0.3) is 0 Å². The van der Waals surface area contributed by atoms with Crippen LogP contribution in [-0.2, 0) is 29.6 Å². The first kappa shape index (κ1) is 16.5. The van der Waals surface area contributed by atoms with Crippen molar-refractivity contribution in [1.29, 1.82) is 0 Å². The van der Waals surface area contributed by atoms with Gasteiger partial charge in [0.15, 0.2) is 0 Å². The molecular formula is C17H24N4O3. The van der Waals surface area contributed by atoms with Crippen molar-refractivity contribution in [3.8, 4) is 0 Å². The Morgan fingerprint density at radius 1 is 1.38 bits per heavy atom. The predicted octanol–water partition coefficient (Wildman–Crippen LogP) is 0.138. The molecule has 1 aromatic rings. The van der Waals surface area contributed by atoms with Crippen molar-refractivity contribution in [2.75, 3.05) is 26.7 Å². The molecule has 1 fully saturated rings. The van der Waals surface area contributed by atoms with Gasteiger partial charge in [-0.2, -0.15) is 0 Å². The number of aromatic nitrogens is 1. The standard InChI is InChI=1S/C17H24N4O3/c1-4-20-9-12(8-15(20)22)17(24)21-6-5-11-7-13(16(23)18-2)19(3)14(11)10-21/h7,12H,4-6,8-10H2,1-3H3,(H,18,23)/t12-/m0/s1. The zero-order valence-corrected chi connectivity index (χ0v) is 14.5. The smallest absolute Gasteiger partial charge is 0.267 e. The van der Waals surface area contributed by atoms with Crippen molar-refractivity contribution in [2.24, 2.45) is 13.0 Å². The summed E-state index contributed by atoms with van der Waals surface area (Å²) in [5.74, 6) is -0.246. The Bertz CT molecular complexity index is 694. The maximum atomic E-state index is 12.8. The first-order valence-corrected chi connectivity index (χ1v) is 8.42. The van der Waals surface area contributed by atoms with Crippen LogP contribution in [0.5, 0.6) is 0 Å². The highest BCUT2D eigenvalue weighted by atomic mass is 16.2. The second-order valence-electron chi connectivity index (χ2n) is 6.48. The van der Waals surface area contributed by atoms with Crippen LogP contribution < -0.4 is 5.32 Å². The molecule has 0 aliphatic carbocycles. The Labute approximate surface area is 141 Å². The Hall–Kier alpha value is -2.31. The normalized spacial score (nSPS) is 20.3. The van der Waals surface area contributed by atoms with Gasteiger partial charge in [0.2, 0.25) is 11.8 Å². The number of amides is 3. The van der Waals surface area contributed by atoms with Gasteiger partial charge in [-0.25, -0.2) is 0 Å². The van der Waals surface area contributed by atoms with Crippen LogP contribution >= 0.6 is 0 Å². The van der Waals surface area contributed by atoms with Crippen molar-refractivity contribution >= 4 is 17.7 Å². The number of hydrogen-bond donors (Lipinski definition) is 1. The van der Waals surface area contributed by atoms with Gasteiger partial charge in [0.25, 0.3) is 5.91 Å². The highest BCUT2D eigenvalue weighted by Gasteiger charge is 2.37. The molecule has 1 aromatic heterocycles. The van der Waals surface area contributed by atoms with Gasteiger partial charge in [-0.15, -0.1) is 0 Å². The summed E-state index contributed by atoms with van der Waals surface area (Å²) in [6.07, 6.45) is 1.05. The van der Waals surface area contributed by atoms with Gasteiger partial charge in [-0.3, -0.25) is 14.4 Å². The van der Waals surface area contributed by atoms with E-state index in [-0.39, 0.29) is 23.6 Å². The molecule has 1 N–H and O–H groups in total. The fraction of sp³-hybridized carbons (Fsp3) is 0.588. The number of likely N-dealkylation sites (tertiary alicyclic amines) is 1. The Morgan fingerprint density at radius 3 is 2.75 bits per heavy atom. The first-order chi connectivity index (χ1) is 11.5. The molecule has 3 heterocycles. The van der Waals surface area contributed by atoms with E-state index in [0.29, 0.717) is 38.3 Å². The van der Waals surface area contributed by atoms with Gasteiger partial charge in [-0.05, 0) is 25.0 Å². The number of carbonyl (C=O) groups is 3. The van der Waals surface area contributed by atoms with E-state index in [2.05, 4.69) is 5.32 Å². The summed E-state index contributed by atoms with van der Waals surface area (Å²) in [6.45, 7) is 4.24. The summed E-state index contributed by atoms with van der Waals surface area (Å²) in [5, 5.41) is 2.64. The van der Waals surface area contributed by atoms with E-state index in [1.54, 1.807) is 11.9 Å². The molecule has 24 heavy (non-hydrogen) atoms. The van der Waals surface area contributed by atoms with Crippen molar-refractivity contribution in [2.45, 2.75) is 26.3 Å². The second kappa shape index (κ2) is 6.30. The number of hydrogen-bond acceptors (Lipinski definition) is 3. The number of fused-ring (bicyclic) bond motifs is 1. The number of carbonyl (C=O) groups excluding carboxylic acids is 3. The lowest BCUT2D eigenvalue weighted by atomic mass is 10.0. The molecular weight excluding hydrogens is 308 g/mol. The number of nitrogens with zero attached hydrogens (tertiary/aromatic N) is 3. The molecule has 1 saturated heterocycles. The van der Waals surface area contributed by atoms with E-state index in [9.17, 15) is 14.4 Å². The zero-order valence-electron chi connectivity index (χ0n) is 14.5. The average molecular weight is 332 g/mol. The van der Waals surface area contributed by atoms with Crippen LogP contribution in [0.4, 0.5) is 0 Å². The summed E-state index contributed by atoms with van der Waals surface area (Å²) >= 11 is 0. The van der Waals surface area contributed by atoms with Gasteiger partial charge in [-0.1, -0.05) is 0 Å². The van der Waals surface area contributed by atoms with Crippen molar-refractivity contribution in [3.05, 3.63) is 23.0 Å². The van der Waals surface area contributed by atoms with E-state index < -0.39 is 0 Å². The third-order valence-electron chi connectivity index (χ3n) is 5.16. The molecule has 0 unspecified atom stereocenters. The molecule has 0 spiro atoms. The summed E-state index contributed by atoms with van der Waals surface area (Å²) in [5.41, 5.74) is 2.74. The SMILES string of the molecule is CCN1C[C@@H](C(=O)N2CCc3cc(C(=O)NC)n(C)c3C2)CC1=O. The van der Waals surface area contributed by atoms with Gasteiger partial charge in [0, 0.05) is 45.8 Å². The van der Waals surface area contributed by atoms with Crippen molar-refractivity contribution in [1.82, 2.24) is 19.7 Å². The van der Waals surface area contributed by atoms with Gasteiger partial charge >= 0.3 is 0 Å². The maximum absolute atomic E-state index is 12.8. The molecule has 3 amide bonds. The average Bonchev–Trinajstić information content (AvgIpc) is 3.13. The molecule has 130 valence electrons. The van der Waals surface area contributed by atoms with Crippen molar-refractivity contribution in [3.63, 3.8) is 0 Å². The summed E-state index contributed by atoms with van der Waals surface area (Å²) < 4.78 is 1.87. The molecule has 7 heteroatoms. The first-order valence-electron chi connectivity index (χ1n) is 8.42. The van der Waals surface area contributed by atoms with Gasteiger partial charge < -0.3 is 19.7 Å². The lowest BCUT2D eigenvalue weighted by Crippen LogP contribution is -2.41. The fourth-order valence-electron chi connectivity index (χ4n) is 3.68. The van der Waals surface area contributed by atoms with Crippen LogP contribution in [0.2, 0.25) is 0 Å². The summed E-state index contributed by atoms with van der Waals surface area (Å²) in [4.78, 5) is 40.2. The molecule has 2 aliphatic rings. The minimum Gasteiger partial charge on any atom is -0.354 e. The minimum absolute atomic E-state index is 0.0487. The third kappa shape index (κ3) is 2.68. The maximum Gasteiger partial charge on any atom is 0.267 e. The largest absolute Gasteiger partial charge is 0.354 e. The van der Waals surface area contributed by atoms with Crippen LogP contribution in [-0.4, -0.2) is 58.8 Å². The predicted molar refractivity (Wildman–Crippen MR) is 88.3 cm³/mol. The Morgan fingerprint density at radius 2 is 2.12 bits per heavy atom. The van der Waals surface area contributed by atoms with E-state index in [1.807, 2.05) is 29.5 Å². The van der Waals surface area contributed by atoms with Gasteiger partial charge in [0.1, 0.15) is 5.69 Å². The summed E-state index contributed by atoms with van der Waals surface area (Å²) in [7, 11) is 3.47. The summed E-state index contributed by atoms with van der Waals surface area (Å²) in [6, 6.07) is 1.91. The molecule has 3 rings (SSSR count). The van der Waals surface area contributed by atoms with E-state index >= 15 is 0 Å². The van der Waals surface area contributed by atoms with Crippen molar-refractivity contribution < 1.29 is 14.4 Å². The third-order valence-corrected chi connectivity index (χ3v) is 5.16.